The van der Waals surface area contributed by atoms with Crippen molar-refractivity contribution in [1.82, 2.24) is 4.98 Å². The predicted octanol–water partition coefficient (Wildman–Crippen LogP) is 3.27. The van der Waals surface area contributed by atoms with E-state index >= 15 is 0 Å². The third kappa shape index (κ3) is 0.916. The molecule has 0 spiro atoms. The Morgan fingerprint density at radius 1 is 1.42 bits per heavy atom. The summed E-state index contributed by atoms with van der Waals surface area (Å²) >= 11 is 5.84. The van der Waals surface area contributed by atoms with Crippen molar-refractivity contribution in [1.29, 1.82) is 0 Å². The molecule has 0 unspecified atom stereocenters. The minimum atomic E-state index is -0.207. The van der Waals surface area contributed by atoms with Gasteiger partial charge in [-0.3, -0.25) is 0 Å². The fourth-order valence-electron chi connectivity index (χ4n) is 1.28. The molecule has 2 rings (SSSR count). The average molecular weight is 184 g/mol. The highest BCUT2D eigenvalue weighted by atomic mass is 35.5. The van der Waals surface area contributed by atoms with Crippen molar-refractivity contribution >= 4 is 22.5 Å². The van der Waals surface area contributed by atoms with Crippen LogP contribution in [0, 0.1) is 12.7 Å². The number of hydrogen-bond donors (Lipinski definition) is 1. The molecule has 1 heterocycles. The van der Waals surface area contributed by atoms with Crippen LogP contribution in [0.25, 0.3) is 10.9 Å². The molecule has 0 bridgehead atoms. The molecule has 2 aromatic rings. The maximum atomic E-state index is 13.0. The smallest absolute Gasteiger partial charge is 0.128 e. The second-order valence-electron chi connectivity index (χ2n) is 2.73. The summed E-state index contributed by atoms with van der Waals surface area (Å²) in [7, 11) is 0. The Hall–Kier alpha value is -1.02. The Labute approximate surface area is 74.2 Å². The zero-order valence-corrected chi connectivity index (χ0v) is 7.24. The molecule has 0 atom stereocenters. The minimum absolute atomic E-state index is 0.207. The van der Waals surface area contributed by atoms with Crippen LogP contribution in [0.5, 0.6) is 0 Å². The van der Waals surface area contributed by atoms with Gasteiger partial charge >= 0.3 is 0 Å². The van der Waals surface area contributed by atoms with Gasteiger partial charge in [0.05, 0.1) is 10.5 Å². The summed E-state index contributed by atoms with van der Waals surface area (Å²) < 4.78 is 13.0. The van der Waals surface area contributed by atoms with Gasteiger partial charge in [0, 0.05) is 17.1 Å². The Balaban J connectivity index is 2.93. The molecule has 1 aromatic heterocycles. The molecule has 0 radical (unpaired) electrons. The van der Waals surface area contributed by atoms with E-state index in [2.05, 4.69) is 4.98 Å². The lowest BCUT2D eigenvalue weighted by Crippen LogP contribution is -1.82. The molecule has 3 heteroatoms. The number of H-pyrrole nitrogens is 1. The van der Waals surface area contributed by atoms with Gasteiger partial charge in [0.15, 0.2) is 0 Å². The molecule has 0 saturated heterocycles. The Morgan fingerprint density at radius 2 is 2.17 bits per heavy atom. The second-order valence-corrected chi connectivity index (χ2v) is 3.14. The lowest BCUT2D eigenvalue weighted by Gasteiger charge is -1.97. The summed E-state index contributed by atoms with van der Waals surface area (Å²) in [5.74, 6) is -0.207. The normalized spacial score (nSPS) is 10.9. The van der Waals surface area contributed by atoms with Crippen LogP contribution in [-0.4, -0.2) is 4.98 Å². The summed E-state index contributed by atoms with van der Waals surface area (Å²) in [5, 5.41) is 1.50. The second kappa shape index (κ2) is 2.49. The number of fused-ring (bicyclic) bond motifs is 1. The van der Waals surface area contributed by atoms with Crippen LogP contribution < -0.4 is 0 Å². The molecule has 12 heavy (non-hydrogen) atoms. The summed E-state index contributed by atoms with van der Waals surface area (Å²) in [6.07, 6.45) is 1.67. The number of aromatic amines is 1. The SMILES string of the molecule is Cc1c(F)ccc2c(Cl)c[nH]c12. The van der Waals surface area contributed by atoms with Crippen LogP contribution in [-0.2, 0) is 0 Å². The molecule has 1 aromatic carbocycles. The maximum absolute atomic E-state index is 13.0. The maximum Gasteiger partial charge on any atom is 0.128 e. The van der Waals surface area contributed by atoms with E-state index in [1.165, 1.54) is 6.07 Å². The predicted molar refractivity (Wildman–Crippen MR) is 48.0 cm³/mol. The number of nitrogens with one attached hydrogen (secondary N) is 1. The van der Waals surface area contributed by atoms with Crippen LogP contribution in [0.2, 0.25) is 5.02 Å². The zero-order valence-electron chi connectivity index (χ0n) is 6.49. The molecule has 0 aliphatic carbocycles. The van der Waals surface area contributed by atoms with Crippen molar-refractivity contribution in [2.75, 3.05) is 0 Å². The van der Waals surface area contributed by atoms with E-state index < -0.39 is 0 Å². The van der Waals surface area contributed by atoms with E-state index in [0.717, 1.165) is 10.9 Å². The van der Waals surface area contributed by atoms with Crippen molar-refractivity contribution in [3.05, 3.63) is 34.7 Å². The molecule has 0 fully saturated rings. The van der Waals surface area contributed by atoms with Crippen molar-refractivity contribution in [3.8, 4) is 0 Å². The Bertz CT molecular complexity index is 433. The highest BCUT2D eigenvalue weighted by molar-refractivity contribution is 6.35. The van der Waals surface area contributed by atoms with E-state index in [0.29, 0.717) is 10.6 Å². The van der Waals surface area contributed by atoms with E-state index in [-0.39, 0.29) is 5.82 Å². The van der Waals surface area contributed by atoms with Gasteiger partial charge in [0.25, 0.3) is 0 Å². The van der Waals surface area contributed by atoms with E-state index in [4.69, 9.17) is 11.6 Å². The number of rotatable bonds is 0. The first-order chi connectivity index (χ1) is 5.70. The number of aryl methyl sites for hydroxylation is 1. The molecule has 0 amide bonds. The zero-order chi connectivity index (χ0) is 8.72. The quantitative estimate of drug-likeness (QED) is 0.645. The average Bonchev–Trinajstić information content (AvgIpc) is 2.41. The summed E-state index contributed by atoms with van der Waals surface area (Å²) in [4.78, 5) is 2.92. The molecule has 1 nitrogen and oxygen atoms in total. The molecule has 0 aliphatic heterocycles. The summed E-state index contributed by atoms with van der Waals surface area (Å²) in [5.41, 5.74) is 1.39. The van der Waals surface area contributed by atoms with Crippen LogP contribution in [0.4, 0.5) is 4.39 Å². The summed E-state index contributed by atoms with van der Waals surface area (Å²) in [6, 6.07) is 3.11. The standard InChI is InChI=1S/C9H7ClFN/c1-5-8(11)3-2-6-7(10)4-12-9(5)6/h2-4,12H,1H3. The van der Waals surface area contributed by atoms with Gasteiger partial charge in [0.1, 0.15) is 5.82 Å². The van der Waals surface area contributed by atoms with Crippen LogP contribution >= 0.6 is 11.6 Å². The molecule has 62 valence electrons. The van der Waals surface area contributed by atoms with Gasteiger partial charge in [-0.1, -0.05) is 11.6 Å². The lowest BCUT2D eigenvalue weighted by atomic mass is 10.1. The summed E-state index contributed by atoms with van der Waals surface area (Å²) in [6.45, 7) is 1.73. The Morgan fingerprint density at radius 3 is 2.92 bits per heavy atom. The van der Waals surface area contributed by atoms with Crippen molar-refractivity contribution in [2.24, 2.45) is 0 Å². The molecule has 1 N–H and O–H groups in total. The highest BCUT2D eigenvalue weighted by Gasteiger charge is 2.06. The molecule has 0 aliphatic rings. The van der Waals surface area contributed by atoms with Crippen LogP contribution in [0.1, 0.15) is 5.56 Å². The highest BCUT2D eigenvalue weighted by Crippen LogP contribution is 2.26. The number of benzene rings is 1. The minimum Gasteiger partial charge on any atom is -0.359 e. The largest absolute Gasteiger partial charge is 0.359 e. The monoisotopic (exact) mass is 183 g/mol. The van der Waals surface area contributed by atoms with Gasteiger partial charge in [-0.25, -0.2) is 4.39 Å². The van der Waals surface area contributed by atoms with Gasteiger partial charge in [-0.05, 0) is 19.1 Å². The van der Waals surface area contributed by atoms with Crippen molar-refractivity contribution in [2.45, 2.75) is 6.92 Å². The molecule has 0 saturated carbocycles. The van der Waals surface area contributed by atoms with E-state index in [1.807, 2.05) is 0 Å². The first-order valence-corrected chi connectivity index (χ1v) is 3.99. The topological polar surface area (TPSA) is 15.8 Å². The Kier molecular flexibility index (Phi) is 1.58. The fraction of sp³-hybridized carbons (Fsp3) is 0.111. The molecular formula is C9H7ClFN. The van der Waals surface area contributed by atoms with Gasteiger partial charge < -0.3 is 4.98 Å². The van der Waals surface area contributed by atoms with E-state index in [1.54, 1.807) is 19.2 Å². The van der Waals surface area contributed by atoms with Crippen molar-refractivity contribution < 1.29 is 4.39 Å². The van der Waals surface area contributed by atoms with E-state index in [9.17, 15) is 4.39 Å². The van der Waals surface area contributed by atoms with Crippen LogP contribution in [0.3, 0.4) is 0 Å². The fourth-order valence-corrected chi connectivity index (χ4v) is 1.50. The third-order valence-corrected chi connectivity index (χ3v) is 2.31. The first kappa shape index (κ1) is 7.62. The van der Waals surface area contributed by atoms with Crippen LogP contribution in [0.15, 0.2) is 18.3 Å². The number of hydrogen-bond acceptors (Lipinski definition) is 0. The van der Waals surface area contributed by atoms with Gasteiger partial charge in [-0.2, -0.15) is 0 Å². The first-order valence-electron chi connectivity index (χ1n) is 3.62. The molecular weight excluding hydrogens is 177 g/mol. The van der Waals surface area contributed by atoms with Gasteiger partial charge in [0.2, 0.25) is 0 Å². The van der Waals surface area contributed by atoms with Gasteiger partial charge in [-0.15, -0.1) is 0 Å². The number of halogens is 2. The van der Waals surface area contributed by atoms with Crippen molar-refractivity contribution in [3.63, 3.8) is 0 Å². The number of aromatic nitrogens is 1. The lowest BCUT2D eigenvalue weighted by molar-refractivity contribution is 0.620. The third-order valence-electron chi connectivity index (χ3n) is 2.00.